The van der Waals surface area contributed by atoms with E-state index in [-0.39, 0.29) is 26.9 Å². The fraction of sp³-hybridized carbons (Fsp3) is 0. The minimum atomic E-state index is -4.13. The van der Waals surface area contributed by atoms with Crippen LogP contribution >= 0.6 is 11.6 Å². The first-order chi connectivity index (χ1) is 9.81. The van der Waals surface area contributed by atoms with Crippen LogP contribution in [0, 0.1) is 0 Å². The number of aromatic carboxylic acids is 1. The number of para-hydroxylation sites is 2. The van der Waals surface area contributed by atoms with Gasteiger partial charge in [0.15, 0.2) is 0 Å². The highest BCUT2D eigenvalue weighted by Crippen LogP contribution is 2.28. The van der Waals surface area contributed by atoms with Gasteiger partial charge < -0.3 is 10.2 Å². The van der Waals surface area contributed by atoms with Crippen molar-refractivity contribution in [1.29, 1.82) is 0 Å². The molecule has 2 aromatic rings. The Balaban J connectivity index is 2.47. The summed E-state index contributed by atoms with van der Waals surface area (Å²) in [7, 11) is -4.13. The lowest BCUT2D eigenvalue weighted by Gasteiger charge is -2.11. The molecule has 0 aliphatic carbocycles. The van der Waals surface area contributed by atoms with Crippen molar-refractivity contribution in [2.45, 2.75) is 4.90 Å². The first-order valence-corrected chi connectivity index (χ1v) is 7.51. The number of nitrogens with one attached hydrogen (secondary N) is 1. The molecule has 0 atom stereocenters. The lowest BCUT2D eigenvalue weighted by atomic mass is 10.2. The maximum atomic E-state index is 12.2. The van der Waals surface area contributed by atoms with Crippen LogP contribution in [-0.2, 0) is 10.0 Å². The molecule has 2 rings (SSSR count). The van der Waals surface area contributed by atoms with Gasteiger partial charge in [-0.3, -0.25) is 4.72 Å². The molecule has 110 valence electrons. The molecule has 21 heavy (non-hydrogen) atoms. The van der Waals surface area contributed by atoms with E-state index in [2.05, 4.69) is 4.72 Å². The van der Waals surface area contributed by atoms with E-state index in [1.807, 2.05) is 0 Å². The van der Waals surface area contributed by atoms with E-state index in [1.54, 1.807) is 0 Å². The molecule has 0 spiro atoms. The summed E-state index contributed by atoms with van der Waals surface area (Å²) in [6.45, 7) is 0. The number of rotatable bonds is 4. The number of phenolic OH excluding ortho intramolecular Hbond substituents is 1. The molecule has 0 bridgehead atoms. The number of aromatic hydroxyl groups is 1. The molecular formula is C13H10ClNO5S. The maximum absolute atomic E-state index is 12.2. The highest BCUT2D eigenvalue weighted by molar-refractivity contribution is 7.92. The van der Waals surface area contributed by atoms with E-state index < -0.39 is 16.0 Å². The molecule has 0 fully saturated rings. The third-order valence-corrected chi connectivity index (χ3v) is 4.46. The number of halogens is 1. The third-order valence-electron chi connectivity index (χ3n) is 2.62. The number of hydrogen-bond donors (Lipinski definition) is 3. The van der Waals surface area contributed by atoms with Gasteiger partial charge in [0.25, 0.3) is 10.0 Å². The maximum Gasteiger partial charge on any atom is 0.335 e. The van der Waals surface area contributed by atoms with Crippen molar-refractivity contribution >= 4 is 33.3 Å². The Labute approximate surface area is 125 Å². The largest absolute Gasteiger partial charge is 0.506 e. The van der Waals surface area contributed by atoms with E-state index in [4.69, 9.17) is 16.7 Å². The molecule has 0 radical (unpaired) electrons. The predicted octanol–water partition coefficient (Wildman–Crippen LogP) is 2.54. The van der Waals surface area contributed by atoms with Gasteiger partial charge in [-0.25, -0.2) is 13.2 Å². The summed E-state index contributed by atoms with van der Waals surface area (Å²) in [6, 6.07) is 9.08. The molecule has 0 unspecified atom stereocenters. The van der Waals surface area contributed by atoms with Crippen LogP contribution in [0.15, 0.2) is 47.4 Å². The summed E-state index contributed by atoms with van der Waals surface area (Å²) in [5.74, 6) is -1.53. The van der Waals surface area contributed by atoms with Crippen LogP contribution in [0.2, 0.25) is 5.02 Å². The third kappa shape index (κ3) is 3.26. The van der Waals surface area contributed by atoms with Crippen LogP contribution in [-0.4, -0.2) is 24.6 Å². The standard InChI is InChI=1S/C13H10ClNO5S/c14-9-6-5-8(13(17)18)7-12(9)21(19,20)15-10-3-1-2-4-11(10)16/h1-7,15-16H,(H,17,18). The lowest BCUT2D eigenvalue weighted by Crippen LogP contribution is -2.14. The Bertz CT molecular complexity index is 804. The van der Waals surface area contributed by atoms with Gasteiger partial charge in [-0.1, -0.05) is 23.7 Å². The van der Waals surface area contributed by atoms with Gasteiger partial charge in [-0.15, -0.1) is 0 Å². The second-order valence-electron chi connectivity index (χ2n) is 4.07. The SMILES string of the molecule is O=C(O)c1ccc(Cl)c(S(=O)(=O)Nc2ccccc2O)c1. The minimum Gasteiger partial charge on any atom is -0.506 e. The van der Waals surface area contributed by atoms with E-state index in [1.165, 1.54) is 36.4 Å². The van der Waals surface area contributed by atoms with Gasteiger partial charge in [0.2, 0.25) is 0 Å². The zero-order chi connectivity index (χ0) is 15.6. The molecule has 6 nitrogen and oxygen atoms in total. The normalized spacial score (nSPS) is 11.1. The summed E-state index contributed by atoms with van der Waals surface area (Å²) in [6.07, 6.45) is 0. The zero-order valence-corrected chi connectivity index (χ0v) is 12.0. The first-order valence-electron chi connectivity index (χ1n) is 5.65. The number of phenols is 1. The fourth-order valence-electron chi connectivity index (χ4n) is 1.60. The van der Waals surface area contributed by atoms with Crippen LogP contribution in [0.25, 0.3) is 0 Å². The molecular weight excluding hydrogens is 318 g/mol. The van der Waals surface area contributed by atoms with Crippen LogP contribution in [0.1, 0.15) is 10.4 Å². The topological polar surface area (TPSA) is 104 Å². The highest BCUT2D eigenvalue weighted by atomic mass is 35.5. The van der Waals surface area contributed by atoms with Crippen molar-refractivity contribution in [1.82, 2.24) is 0 Å². The van der Waals surface area contributed by atoms with Crippen molar-refractivity contribution in [2.24, 2.45) is 0 Å². The van der Waals surface area contributed by atoms with Gasteiger partial charge >= 0.3 is 5.97 Å². The molecule has 0 saturated heterocycles. The molecule has 0 aliphatic heterocycles. The van der Waals surface area contributed by atoms with Gasteiger partial charge in [0.1, 0.15) is 10.6 Å². The minimum absolute atomic E-state index is 0.0331. The first kappa shape index (κ1) is 15.1. The van der Waals surface area contributed by atoms with E-state index in [0.717, 1.165) is 6.07 Å². The Morgan fingerprint density at radius 3 is 2.43 bits per heavy atom. The Hall–Kier alpha value is -2.25. The monoisotopic (exact) mass is 327 g/mol. The molecule has 2 aromatic carbocycles. The van der Waals surface area contributed by atoms with E-state index in [0.29, 0.717) is 0 Å². The van der Waals surface area contributed by atoms with E-state index >= 15 is 0 Å². The van der Waals surface area contributed by atoms with Gasteiger partial charge in [-0.2, -0.15) is 0 Å². The molecule has 0 aliphatic rings. The van der Waals surface area contributed by atoms with Crippen molar-refractivity contribution in [3.63, 3.8) is 0 Å². The van der Waals surface area contributed by atoms with Gasteiger partial charge in [0, 0.05) is 0 Å². The van der Waals surface area contributed by atoms with E-state index in [9.17, 15) is 18.3 Å². The second-order valence-corrected chi connectivity index (χ2v) is 6.13. The quantitative estimate of drug-likeness (QED) is 0.749. The molecule has 8 heteroatoms. The number of carboxylic acid groups (broad SMARTS) is 1. The molecule has 0 saturated carbocycles. The molecule has 0 aromatic heterocycles. The van der Waals surface area contributed by atoms with Crippen LogP contribution in [0.5, 0.6) is 5.75 Å². The smallest absolute Gasteiger partial charge is 0.335 e. The average Bonchev–Trinajstić information content (AvgIpc) is 2.41. The fourth-order valence-corrected chi connectivity index (χ4v) is 3.20. The summed E-state index contributed by atoms with van der Waals surface area (Å²) in [5, 5.41) is 18.4. The van der Waals surface area contributed by atoms with Gasteiger partial charge in [0.05, 0.1) is 16.3 Å². The predicted molar refractivity (Wildman–Crippen MR) is 77.3 cm³/mol. The highest BCUT2D eigenvalue weighted by Gasteiger charge is 2.21. The van der Waals surface area contributed by atoms with Crippen molar-refractivity contribution < 1.29 is 23.4 Å². The second kappa shape index (κ2) is 5.63. The molecule has 0 heterocycles. The van der Waals surface area contributed by atoms with Crippen molar-refractivity contribution in [3.8, 4) is 5.75 Å². The summed E-state index contributed by atoms with van der Waals surface area (Å²) in [5.41, 5.74) is -0.244. The Morgan fingerprint density at radius 1 is 1.14 bits per heavy atom. The number of anilines is 1. The number of sulfonamides is 1. The average molecular weight is 328 g/mol. The summed E-state index contributed by atoms with van der Waals surface area (Å²) >= 11 is 5.82. The summed E-state index contributed by atoms with van der Waals surface area (Å²) < 4.78 is 26.7. The molecule has 0 amide bonds. The number of carbonyl (C=O) groups is 1. The number of benzene rings is 2. The zero-order valence-electron chi connectivity index (χ0n) is 10.4. The number of hydrogen-bond acceptors (Lipinski definition) is 4. The number of carboxylic acids is 1. The van der Waals surface area contributed by atoms with Gasteiger partial charge in [-0.05, 0) is 30.3 Å². The Morgan fingerprint density at radius 2 is 1.81 bits per heavy atom. The van der Waals surface area contributed by atoms with Crippen LogP contribution in [0.4, 0.5) is 5.69 Å². The molecule has 3 N–H and O–H groups in total. The van der Waals surface area contributed by atoms with Crippen LogP contribution in [0.3, 0.4) is 0 Å². The van der Waals surface area contributed by atoms with Crippen LogP contribution < -0.4 is 4.72 Å². The van der Waals surface area contributed by atoms with Crippen molar-refractivity contribution in [3.05, 3.63) is 53.1 Å². The lowest BCUT2D eigenvalue weighted by molar-refractivity contribution is 0.0696. The summed E-state index contributed by atoms with van der Waals surface area (Å²) in [4.78, 5) is 10.5. The van der Waals surface area contributed by atoms with Crippen molar-refractivity contribution in [2.75, 3.05) is 4.72 Å². The Kier molecular flexibility index (Phi) is 4.06.